The van der Waals surface area contributed by atoms with Crippen LogP contribution in [0.1, 0.15) is 22.8 Å². The average molecular weight is 436 g/mol. The first-order valence-corrected chi connectivity index (χ1v) is 9.76. The van der Waals surface area contributed by atoms with Crippen LogP contribution in [0.5, 0.6) is 11.5 Å². The van der Waals surface area contributed by atoms with Crippen LogP contribution in [0, 0.1) is 5.82 Å². The molecule has 3 rings (SSSR count). The number of carbonyl (C=O) groups is 3. The highest BCUT2D eigenvalue weighted by Gasteiger charge is 2.16. The fourth-order valence-electron chi connectivity index (χ4n) is 2.65. The van der Waals surface area contributed by atoms with Gasteiger partial charge in [0.15, 0.2) is 18.5 Å². The molecule has 0 aromatic heterocycles. The zero-order valence-electron chi connectivity index (χ0n) is 17.2. The number of rotatable bonds is 8. The molecule has 0 fully saturated rings. The van der Waals surface area contributed by atoms with Crippen molar-refractivity contribution >= 4 is 17.6 Å². The SMILES string of the molecule is CC(Oc1ccc(F)cc1)C(=O)NNC(=O)COc1ccc(C(=O)c2ccccc2)cc1. The van der Waals surface area contributed by atoms with E-state index in [1.807, 2.05) is 6.07 Å². The zero-order valence-corrected chi connectivity index (χ0v) is 17.2. The number of benzene rings is 3. The lowest BCUT2D eigenvalue weighted by Crippen LogP contribution is -2.48. The molecule has 0 saturated heterocycles. The van der Waals surface area contributed by atoms with Crippen molar-refractivity contribution in [1.82, 2.24) is 10.9 Å². The summed E-state index contributed by atoms with van der Waals surface area (Å²) in [4.78, 5) is 36.3. The monoisotopic (exact) mass is 436 g/mol. The van der Waals surface area contributed by atoms with Crippen LogP contribution in [0.4, 0.5) is 4.39 Å². The van der Waals surface area contributed by atoms with E-state index in [0.717, 1.165) is 0 Å². The number of hydrazine groups is 1. The highest BCUT2D eigenvalue weighted by molar-refractivity contribution is 6.09. The molecule has 2 N–H and O–H groups in total. The smallest absolute Gasteiger partial charge is 0.279 e. The van der Waals surface area contributed by atoms with E-state index >= 15 is 0 Å². The summed E-state index contributed by atoms with van der Waals surface area (Å²) in [5.74, 6) is -1.00. The van der Waals surface area contributed by atoms with Gasteiger partial charge >= 0.3 is 0 Å². The number of hydrogen-bond acceptors (Lipinski definition) is 5. The van der Waals surface area contributed by atoms with Gasteiger partial charge in [0.25, 0.3) is 11.8 Å². The first-order chi connectivity index (χ1) is 15.4. The van der Waals surface area contributed by atoms with Crippen molar-refractivity contribution in [3.63, 3.8) is 0 Å². The van der Waals surface area contributed by atoms with E-state index < -0.39 is 23.7 Å². The molecule has 32 heavy (non-hydrogen) atoms. The van der Waals surface area contributed by atoms with Crippen molar-refractivity contribution in [2.45, 2.75) is 13.0 Å². The van der Waals surface area contributed by atoms with E-state index in [-0.39, 0.29) is 12.4 Å². The average Bonchev–Trinajstić information content (AvgIpc) is 2.83. The number of nitrogens with one attached hydrogen (secondary N) is 2. The number of hydrogen-bond donors (Lipinski definition) is 2. The van der Waals surface area contributed by atoms with Gasteiger partial charge in [0.05, 0.1) is 0 Å². The number of halogens is 1. The summed E-state index contributed by atoms with van der Waals surface area (Å²) in [7, 11) is 0. The minimum atomic E-state index is -0.920. The lowest BCUT2D eigenvalue weighted by atomic mass is 10.0. The van der Waals surface area contributed by atoms with E-state index in [4.69, 9.17) is 9.47 Å². The van der Waals surface area contributed by atoms with Gasteiger partial charge in [-0.15, -0.1) is 0 Å². The van der Waals surface area contributed by atoms with Crippen LogP contribution in [0.3, 0.4) is 0 Å². The van der Waals surface area contributed by atoms with Crippen LogP contribution in [0.2, 0.25) is 0 Å². The van der Waals surface area contributed by atoms with Crippen LogP contribution < -0.4 is 20.3 Å². The molecule has 0 heterocycles. The van der Waals surface area contributed by atoms with Crippen LogP contribution in [-0.2, 0) is 9.59 Å². The molecule has 0 aliphatic rings. The highest BCUT2D eigenvalue weighted by atomic mass is 19.1. The van der Waals surface area contributed by atoms with Gasteiger partial charge in [-0.05, 0) is 55.5 Å². The van der Waals surface area contributed by atoms with Crippen molar-refractivity contribution in [3.05, 3.63) is 95.8 Å². The van der Waals surface area contributed by atoms with E-state index in [9.17, 15) is 18.8 Å². The maximum atomic E-state index is 12.9. The molecule has 0 radical (unpaired) electrons. The van der Waals surface area contributed by atoms with E-state index in [1.165, 1.54) is 31.2 Å². The van der Waals surface area contributed by atoms with Crippen molar-refractivity contribution in [2.75, 3.05) is 6.61 Å². The molecule has 8 heteroatoms. The van der Waals surface area contributed by atoms with Gasteiger partial charge in [0.2, 0.25) is 0 Å². The quantitative estimate of drug-likeness (QED) is 0.418. The normalized spacial score (nSPS) is 11.2. The second-order valence-electron chi connectivity index (χ2n) is 6.76. The van der Waals surface area contributed by atoms with Gasteiger partial charge in [-0.1, -0.05) is 30.3 Å². The first-order valence-electron chi connectivity index (χ1n) is 9.76. The van der Waals surface area contributed by atoms with E-state index in [2.05, 4.69) is 10.9 Å². The van der Waals surface area contributed by atoms with Gasteiger partial charge in [0, 0.05) is 11.1 Å². The number of ether oxygens (including phenoxy) is 2. The molecule has 3 aromatic carbocycles. The standard InChI is InChI=1S/C24H21FN2O5/c1-16(32-21-13-9-19(25)10-14-21)24(30)27-26-22(28)15-31-20-11-7-18(8-12-20)23(29)17-5-3-2-4-6-17/h2-14,16H,15H2,1H3,(H,26,28)(H,27,30). The Balaban J connectivity index is 1.42. The molecule has 7 nitrogen and oxygen atoms in total. The Hall–Kier alpha value is -4.20. The lowest BCUT2D eigenvalue weighted by Gasteiger charge is -2.15. The Labute approximate surface area is 184 Å². The topological polar surface area (TPSA) is 93.7 Å². The maximum Gasteiger partial charge on any atom is 0.279 e. The van der Waals surface area contributed by atoms with E-state index in [1.54, 1.807) is 48.5 Å². The van der Waals surface area contributed by atoms with Crippen molar-refractivity contribution in [2.24, 2.45) is 0 Å². The summed E-state index contributed by atoms with van der Waals surface area (Å²) < 4.78 is 23.6. The van der Waals surface area contributed by atoms with Crippen molar-refractivity contribution in [3.8, 4) is 11.5 Å². The molecule has 0 bridgehead atoms. The Morgan fingerprint density at radius 1 is 0.812 bits per heavy atom. The fraction of sp³-hybridized carbons (Fsp3) is 0.125. The second kappa shape index (κ2) is 10.7. The molecule has 1 atom stereocenters. The van der Waals surface area contributed by atoms with Crippen molar-refractivity contribution in [1.29, 1.82) is 0 Å². The second-order valence-corrected chi connectivity index (χ2v) is 6.76. The predicted octanol–water partition coefficient (Wildman–Crippen LogP) is 3.05. The number of carbonyl (C=O) groups excluding carboxylic acids is 3. The Kier molecular flexibility index (Phi) is 7.53. The Bertz CT molecular complexity index is 1070. The molecule has 0 saturated carbocycles. The summed E-state index contributed by atoms with van der Waals surface area (Å²) in [5.41, 5.74) is 5.53. The van der Waals surface area contributed by atoms with Crippen LogP contribution in [-0.4, -0.2) is 30.3 Å². The molecule has 0 spiro atoms. The van der Waals surface area contributed by atoms with Gasteiger partial charge in [-0.2, -0.15) is 0 Å². The van der Waals surface area contributed by atoms with Gasteiger partial charge < -0.3 is 9.47 Å². The third-order valence-corrected chi connectivity index (χ3v) is 4.34. The summed E-state index contributed by atoms with van der Waals surface area (Å²) in [5, 5.41) is 0. The van der Waals surface area contributed by atoms with E-state index in [0.29, 0.717) is 22.6 Å². The molecule has 3 aromatic rings. The third kappa shape index (κ3) is 6.40. The lowest BCUT2D eigenvalue weighted by molar-refractivity contribution is -0.133. The predicted molar refractivity (Wildman–Crippen MR) is 115 cm³/mol. The maximum absolute atomic E-state index is 12.9. The summed E-state index contributed by atoms with van der Waals surface area (Å²) >= 11 is 0. The first kappa shape index (κ1) is 22.5. The van der Waals surface area contributed by atoms with Gasteiger partial charge in [0.1, 0.15) is 17.3 Å². The molecule has 0 aliphatic carbocycles. The molecule has 0 aliphatic heterocycles. The zero-order chi connectivity index (χ0) is 22.9. The minimum Gasteiger partial charge on any atom is -0.484 e. The number of ketones is 1. The summed E-state index contributed by atoms with van der Waals surface area (Å²) in [6.07, 6.45) is -0.920. The molecule has 1 unspecified atom stereocenters. The van der Waals surface area contributed by atoms with Gasteiger partial charge in [-0.25, -0.2) is 4.39 Å². The Morgan fingerprint density at radius 2 is 1.41 bits per heavy atom. The third-order valence-electron chi connectivity index (χ3n) is 4.34. The highest BCUT2D eigenvalue weighted by Crippen LogP contribution is 2.15. The van der Waals surface area contributed by atoms with Gasteiger partial charge in [-0.3, -0.25) is 25.2 Å². The fourth-order valence-corrected chi connectivity index (χ4v) is 2.65. The Morgan fingerprint density at radius 3 is 2.06 bits per heavy atom. The molecule has 2 amide bonds. The summed E-state index contributed by atoms with van der Waals surface area (Å²) in [6, 6.07) is 20.5. The largest absolute Gasteiger partial charge is 0.484 e. The van der Waals surface area contributed by atoms with Crippen molar-refractivity contribution < 1.29 is 28.2 Å². The molecular weight excluding hydrogens is 415 g/mol. The molecular formula is C24H21FN2O5. The van der Waals surface area contributed by atoms with Crippen LogP contribution in [0.25, 0.3) is 0 Å². The van der Waals surface area contributed by atoms with Crippen LogP contribution >= 0.6 is 0 Å². The number of amides is 2. The summed E-state index contributed by atoms with van der Waals surface area (Å²) in [6.45, 7) is 1.14. The minimum absolute atomic E-state index is 0.116. The van der Waals surface area contributed by atoms with Crippen LogP contribution in [0.15, 0.2) is 78.9 Å². The molecule has 164 valence electrons.